The first kappa shape index (κ1) is 25.2. The molecular formula is C40H30N2O. The minimum absolute atomic E-state index is 0.367. The maximum atomic E-state index is 6.95. The van der Waals surface area contributed by atoms with Gasteiger partial charge in [-0.1, -0.05) is 97.1 Å². The van der Waals surface area contributed by atoms with Gasteiger partial charge in [-0.3, -0.25) is 0 Å². The van der Waals surface area contributed by atoms with Crippen LogP contribution < -0.4 is 20.4 Å². The molecule has 0 radical (unpaired) electrons. The lowest BCUT2D eigenvalue weighted by Crippen LogP contribution is -2.29. The van der Waals surface area contributed by atoms with Crippen molar-refractivity contribution < 1.29 is 4.42 Å². The van der Waals surface area contributed by atoms with Gasteiger partial charge in [0.1, 0.15) is 11.1 Å². The van der Waals surface area contributed by atoms with E-state index in [1.165, 1.54) is 10.8 Å². The summed E-state index contributed by atoms with van der Waals surface area (Å²) in [5, 5.41) is 2.33. The first-order chi connectivity index (χ1) is 21.4. The van der Waals surface area contributed by atoms with Crippen molar-refractivity contribution in [1.82, 2.24) is 0 Å². The van der Waals surface area contributed by atoms with Crippen LogP contribution in [-0.2, 0) is 0 Å². The topological polar surface area (TPSA) is 19.6 Å². The predicted molar refractivity (Wildman–Crippen MR) is 179 cm³/mol. The van der Waals surface area contributed by atoms with Crippen LogP contribution in [0.5, 0.6) is 0 Å². The van der Waals surface area contributed by atoms with Gasteiger partial charge in [0.15, 0.2) is 5.58 Å². The smallest absolute Gasteiger partial charge is 0.161 e. The number of para-hydroxylation sites is 4. The fraction of sp³-hybridized carbons (Fsp3) is 0.0500. The Morgan fingerprint density at radius 2 is 1.09 bits per heavy atom. The summed E-state index contributed by atoms with van der Waals surface area (Å²) in [5.74, 6) is 0.367. The lowest BCUT2D eigenvalue weighted by atomic mass is 9.87. The van der Waals surface area contributed by atoms with Crippen LogP contribution in [-0.4, -0.2) is 0 Å². The molecule has 0 fully saturated rings. The zero-order chi connectivity index (χ0) is 28.6. The summed E-state index contributed by atoms with van der Waals surface area (Å²) in [4.78, 5) is 4.67. The Hall–Kier alpha value is -5.54. The van der Waals surface area contributed by atoms with Gasteiger partial charge in [-0.05, 0) is 78.7 Å². The summed E-state index contributed by atoms with van der Waals surface area (Å²) in [5.41, 5.74) is 9.46. The highest BCUT2D eigenvalue weighted by molar-refractivity contribution is 6.05. The monoisotopic (exact) mass is 554 g/mol. The maximum absolute atomic E-state index is 6.95. The van der Waals surface area contributed by atoms with E-state index in [4.69, 9.17) is 4.42 Å². The van der Waals surface area contributed by atoms with Gasteiger partial charge in [0.2, 0.25) is 0 Å². The Balaban J connectivity index is 1.52. The number of nitrogens with zero attached hydrogens (tertiary/aromatic N) is 2. The first-order valence-electron chi connectivity index (χ1n) is 14.8. The first-order valence-corrected chi connectivity index (χ1v) is 14.8. The number of benzene rings is 5. The number of allylic oxidation sites excluding steroid dienone is 4. The van der Waals surface area contributed by atoms with E-state index in [1.807, 2.05) is 0 Å². The Kier molecular flexibility index (Phi) is 6.27. The van der Waals surface area contributed by atoms with E-state index >= 15 is 0 Å². The Labute approximate surface area is 251 Å². The molecule has 206 valence electrons. The van der Waals surface area contributed by atoms with E-state index in [1.54, 1.807) is 0 Å². The highest BCUT2D eigenvalue weighted by Gasteiger charge is 2.28. The normalized spacial score (nSPS) is 15.1. The Morgan fingerprint density at radius 1 is 0.558 bits per heavy atom. The van der Waals surface area contributed by atoms with E-state index in [9.17, 15) is 0 Å². The molecule has 8 rings (SSSR count). The third kappa shape index (κ3) is 4.38. The number of hydrogen-bond acceptors (Lipinski definition) is 3. The molecular weight excluding hydrogens is 524 g/mol. The van der Waals surface area contributed by atoms with Gasteiger partial charge in [-0.2, -0.15) is 0 Å². The molecule has 1 atom stereocenters. The van der Waals surface area contributed by atoms with Gasteiger partial charge in [0.05, 0.1) is 5.69 Å². The molecule has 2 aliphatic carbocycles. The molecule has 0 aliphatic heterocycles. The molecule has 1 unspecified atom stereocenters. The van der Waals surface area contributed by atoms with Crippen LogP contribution in [0.1, 0.15) is 6.42 Å². The summed E-state index contributed by atoms with van der Waals surface area (Å²) in [7, 11) is 0. The molecule has 43 heavy (non-hydrogen) atoms. The standard InChI is InChI=1S/C40H30N2O/c1-5-16-30(17-6-1)41(31-18-7-2-8-19-31)36-27-26-35-38-34-24-14-13-15-29(34)25-28-37(38)43-40(35)39(36)42(32-20-9-3-10-21-32)33-22-11-4-12-23-33/h1-24,26-29H,25H2. The van der Waals surface area contributed by atoms with Crippen LogP contribution in [0.25, 0.3) is 22.6 Å². The molecule has 0 amide bonds. The third-order valence-electron chi connectivity index (χ3n) is 8.34. The third-order valence-corrected chi connectivity index (χ3v) is 8.34. The van der Waals surface area contributed by atoms with E-state index < -0.39 is 0 Å². The van der Waals surface area contributed by atoms with Crippen molar-refractivity contribution in [3.63, 3.8) is 0 Å². The lowest BCUT2D eigenvalue weighted by Gasteiger charge is -2.33. The molecule has 0 N–H and O–H groups in total. The molecule has 1 aromatic heterocycles. The van der Waals surface area contributed by atoms with Gasteiger partial charge in [-0.25, -0.2) is 0 Å². The Bertz CT molecular complexity index is 2020. The zero-order valence-corrected chi connectivity index (χ0v) is 23.7. The fourth-order valence-electron chi connectivity index (χ4n) is 6.43. The number of rotatable bonds is 6. The van der Waals surface area contributed by atoms with E-state index in [-0.39, 0.29) is 0 Å². The van der Waals surface area contributed by atoms with Crippen molar-refractivity contribution in [2.75, 3.05) is 9.80 Å². The number of hydrogen-bond donors (Lipinski definition) is 0. The molecule has 3 nitrogen and oxygen atoms in total. The highest BCUT2D eigenvalue weighted by atomic mass is 16.3. The second-order valence-electron chi connectivity index (χ2n) is 10.9. The molecule has 0 bridgehead atoms. The number of fused-ring (bicyclic) bond motifs is 4. The minimum atomic E-state index is 0.367. The molecule has 0 spiro atoms. The Morgan fingerprint density at radius 3 is 1.65 bits per heavy atom. The average molecular weight is 555 g/mol. The van der Waals surface area contributed by atoms with Crippen molar-refractivity contribution in [3.05, 3.63) is 168 Å². The summed E-state index contributed by atoms with van der Waals surface area (Å²) in [6.45, 7) is 0. The maximum Gasteiger partial charge on any atom is 0.161 e. The van der Waals surface area contributed by atoms with Gasteiger partial charge in [0.25, 0.3) is 0 Å². The summed E-state index contributed by atoms with van der Waals surface area (Å²) < 4.78 is 6.95. The molecule has 1 heterocycles. The highest BCUT2D eigenvalue weighted by Crippen LogP contribution is 2.48. The van der Waals surface area contributed by atoms with Crippen LogP contribution in [0.15, 0.2) is 162 Å². The molecule has 6 aromatic rings. The van der Waals surface area contributed by atoms with Gasteiger partial charge in [-0.15, -0.1) is 0 Å². The zero-order valence-electron chi connectivity index (χ0n) is 23.7. The van der Waals surface area contributed by atoms with E-state index in [2.05, 4.69) is 174 Å². The number of anilines is 6. The summed E-state index contributed by atoms with van der Waals surface area (Å²) in [6.07, 6.45) is 12.1. The molecule has 3 heteroatoms. The van der Waals surface area contributed by atoms with Crippen molar-refractivity contribution in [3.8, 4) is 0 Å². The SMILES string of the molecule is C1=CC2=c3c(oc4c(N(c5ccccc5)c5ccccc5)c(N(c5ccccc5)c5ccccc5)ccc34)=CCC2C=C1. The molecule has 0 saturated carbocycles. The largest absolute Gasteiger partial charge is 0.454 e. The molecule has 2 aliphatic rings. The second kappa shape index (κ2) is 10.7. The van der Waals surface area contributed by atoms with Crippen LogP contribution in [0.3, 0.4) is 0 Å². The molecule has 0 saturated heterocycles. The second-order valence-corrected chi connectivity index (χ2v) is 10.9. The quantitative estimate of drug-likeness (QED) is 0.204. The average Bonchev–Trinajstić information content (AvgIpc) is 3.47. The van der Waals surface area contributed by atoms with Crippen molar-refractivity contribution in [2.45, 2.75) is 6.42 Å². The predicted octanol–water partition coefficient (Wildman–Crippen LogP) is 9.45. The lowest BCUT2D eigenvalue weighted by molar-refractivity contribution is 0.569. The van der Waals surface area contributed by atoms with Crippen LogP contribution in [0.4, 0.5) is 34.1 Å². The van der Waals surface area contributed by atoms with Crippen LogP contribution in [0, 0.1) is 5.92 Å². The van der Waals surface area contributed by atoms with Gasteiger partial charge >= 0.3 is 0 Å². The van der Waals surface area contributed by atoms with Crippen LogP contribution in [0.2, 0.25) is 0 Å². The van der Waals surface area contributed by atoms with Crippen molar-refractivity contribution in [1.29, 1.82) is 0 Å². The summed E-state index contributed by atoms with van der Waals surface area (Å²) >= 11 is 0. The van der Waals surface area contributed by atoms with Gasteiger partial charge in [0, 0.05) is 39.3 Å². The van der Waals surface area contributed by atoms with Crippen molar-refractivity contribution in [2.24, 2.45) is 5.92 Å². The van der Waals surface area contributed by atoms with Crippen molar-refractivity contribution >= 4 is 56.7 Å². The molecule has 5 aromatic carbocycles. The van der Waals surface area contributed by atoms with E-state index in [0.29, 0.717) is 5.92 Å². The van der Waals surface area contributed by atoms with Crippen LogP contribution >= 0.6 is 0 Å². The van der Waals surface area contributed by atoms with Gasteiger partial charge < -0.3 is 14.2 Å². The number of furan rings is 1. The van der Waals surface area contributed by atoms with E-state index in [0.717, 1.165) is 56.9 Å². The summed E-state index contributed by atoms with van der Waals surface area (Å²) in [6, 6.07) is 46.8. The fourth-order valence-corrected chi connectivity index (χ4v) is 6.43. The minimum Gasteiger partial charge on any atom is -0.454 e.